The minimum absolute atomic E-state index is 0.127. The van der Waals surface area contributed by atoms with Crippen LogP contribution in [0.1, 0.15) is 36.0 Å². The van der Waals surface area contributed by atoms with Crippen LogP contribution in [0.25, 0.3) is 22.0 Å². The van der Waals surface area contributed by atoms with E-state index in [2.05, 4.69) is 51.9 Å². The van der Waals surface area contributed by atoms with Gasteiger partial charge in [0.25, 0.3) is 0 Å². The van der Waals surface area contributed by atoms with E-state index in [9.17, 15) is 9.59 Å². The van der Waals surface area contributed by atoms with Crippen LogP contribution in [0.4, 0.5) is 15.0 Å². The van der Waals surface area contributed by atoms with E-state index in [-0.39, 0.29) is 22.4 Å². The maximum Gasteiger partial charge on any atom is 0.404 e. The Hall–Kier alpha value is -5.51. The molecule has 5 aromatic carbocycles. The number of carbonyl (C=O) groups excluding carboxylic acids is 1. The lowest BCUT2D eigenvalue weighted by Gasteiger charge is -2.37. The van der Waals surface area contributed by atoms with Gasteiger partial charge in [-0.1, -0.05) is 115 Å². The van der Waals surface area contributed by atoms with Gasteiger partial charge in [-0.05, 0) is 85.4 Å². The summed E-state index contributed by atoms with van der Waals surface area (Å²) in [6, 6.07) is 40.8. The van der Waals surface area contributed by atoms with Gasteiger partial charge in [-0.15, -0.1) is 0 Å². The lowest BCUT2D eigenvalue weighted by Crippen LogP contribution is -2.40. The van der Waals surface area contributed by atoms with E-state index in [1.54, 1.807) is 12.1 Å². The Bertz CT molecular complexity index is 2050. The van der Waals surface area contributed by atoms with E-state index in [1.165, 1.54) is 6.07 Å². The number of halogens is 2. The molecule has 0 spiro atoms. The highest BCUT2D eigenvalue weighted by Gasteiger charge is 2.41. The molecule has 1 fully saturated rings. The largest absolute Gasteiger partial charge is 0.465 e. The molecule has 10 heteroatoms. The summed E-state index contributed by atoms with van der Waals surface area (Å²) >= 11 is 6.56. The first-order valence-corrected chi connectivity index (χ1v) is 17.9. The number of amides is 2. The van der Waals surface area contributed by atoms with Gasteiger partial charge in [-0.2, -0.15) is 5.10 Å². The molecule has 7 rings (SSSR count). The molecule has 2 amide bonds. The van der Waals surface area contributed by atoms with Gasteiger partial charge >= 0.3 is 6.09 Å². The van der Waals surface area contributed by atoms with Gasteiger partial charge in [-0.3, -0.25) is 4.79 Å². The first-order chi connectivity index (χ1) is 25.4. The number of benzene rings is 5. The molecule has 1 aromatic heterocycles. The Labute approximate surface area is 306 Å². The fraction of sp³-hybridized carbons (Fsp3) is 0.214. The predicted molar refractivity (Wildman–Crippen MR) is 203 cm³/mol. The number of fused-ring (bicyclic) bond motifs is 1. The van der Waals surface area contributed by atoms with E-state index in [1.807, 2.05) is 77.5 Å². The molecule has 0 saturated carbocycles. The minimum Gasteiger partial charge on any atom is -0.465 e. The van der Waals surface area contributed by atoms with Gasteiger partial charge < -0.3 is 20.6 Å². The number of aromatic nitrogens is 2. The monoisotopic (exact) mass is 715 g/mol. The summed E-state index contributed by atoms with van der Waals surface area (Å²) in [5.41, 5.74) is 3.56. The third kappa shape index (κ3) is 6.89. The van der Waals surface area contributed by atoms with E-state index in [4.69, 9.17) is 21.8 Å². The molecule has 1 saturated heterocycles. The molecule has 6 aromatic rings. The second-order valence-electron chi connectivity index (χ2n) is 13.1. The summed E-state index contributed by atoms with van der Waals surface area (Å²) < 4.78 is 17.3. The lowest BCUT2D eigenvalue weighted by atomic mass is 9.77. The Morgan fingerprint density at radius 1 is 0.827 bits per heavy atom. The molecule has 0 atom stereocenters. The van der Waals surface area contributed by atoms with Crippen molar-refractivity contribution in [2.75, 3.05) is 31.5 Å². The van der Waals surface area contributed by atoms with Crippen LogP contribution in [0.5, 0.6) is 0 Å². The molecular formula is C42H39ClFN5O3. The van der Waals surface area contributed by atoms with Crippen LogP contribution in [0.15, 0.2) is 127 Å². The van der Waals surface area contributed by atoms with Gasteiger partial charge in [-0.25, -0.2) is 13.9 Å². The zero-order valence-electron chi connectivity index (χ0n) is 28.5. The van der Waals surface area contributed by atoms with Crippen molar-refractivity contribution >= 4 is 40.3 Å². The van der Waals surface area contributed by atoms with Crippen LogP contribution in [0, 0.1) is 11.7 Å². The number of carboxylic acid groups (broad SMARTS) is 1. The number of likely N-dealkylation sites (tertiary alicyclic amines) is 1. The Kier molecular flexibility index (Phi) is 10.3. The topological polar surface area (TPSA) is 99.5 Å². The fourth-order valence-electron chi connectivity index (χ4n) is 7.44. The highest BCUT2D eigenvalue weighted by atomic mass is 35.5. The van der Waals surface area contributed by atoms with Crippen LogP contribution in [-0.2, 0) is 10.3 Å². The molecule has 3 N–H and O–H groups in total. The molecule has 52 heavy (non-hydrogen) atoms. The van der Waals surface area contributed by atoms with Crippen molar-refractivity contribution in [1.29, 1.82) is 0 Å². The Balaban J connectivity index is 1.34. The third-order valence-corrected chi connectivity index (χ3v) is 10.3. The normalized spacial score (nSPS) is 14.0. The van der Waals surface area contributed by atoms with Crippen LogP contribution in [0.3, 0.4) is 0 Å². The molecule has 0 bridgehead atoms. The predicted octanol–water partition coefficient (Wildman–Crippen LogP) is 8.64. The summed E-state index contributed by atoms with van der Waals surface area (Å²) in [5, 5.41) is 20.7. The van der Waals surface area contributed by atoms with Crippen molar-refractivity contribution in [3.05, 3.63) is 155 Å². The second kappa shape index (κ2) is 15.4. The molecule has 0 radical (unpaired) electrons. The molecule has 0 unspecified atom stereocenters. The molecule has 8 nitrogen and oxygen atoms in total. The van der Waals surface area contributed by atoms with Crippen molar-refractivity contribution in [1.82, 2.24) is 20.0 Å². The van der Waals surface area contributed by atoms with E-state index in [0.717, 1.165) is 41.8 Å². The standard InChI is InChI=1S/C42H39ClFN5O3/c43-35-18-10-19-36(44)38(35)30-20-21-37-34(28-30)39(46-40(50)29-22-26-48(27-23-29)25-11-24-45-41(51)52)47-49(37)42(31-12-4-1-5-13-31,32-14-6-2-7-15-32)33-16-8-3-9-17-33/h1-10,12-21,28-29,45H,11,22-27H2,(H,51,52)(H,46,47,50). The summed E-state index contributed by atoms with van der Waals surface area (Å²) in [6.45, 7) is 2.61. The first kappa shape index (κ1) is 34.9. The maximum absolute atomic E-state index is 15.3. The third-order valence-electron chi connectivity index (χ3n) is 9.95. The molecule has 1 aliphatic heterocycles. The Morgan fingerprint density at radius 2 is 1.42 bits per heavy atom. The number of hydrogen-bond donors (Lipinski definition) is 3. The highest BCUT2D eigenvalue weighted by Crippen LogP contribution is 2.44. The van der Waals surface area contributed by atoms with Gasteiger partial charge in [0.2, 0.25) is 5.91 Å². The quantitative estimate of drug-likeness (QED) is 0.0922. The first-order valence-electron chi connectivity index (χ1n) is 17.5. The second-order valence-corrected chi connectivity index (χ2v) is 13.5. The average Bonchev–Trinajstić information content (AvgIpc) is 3.52. The SMILES string of the molecule is O=C(O)NCCCN1CCC(C(=O)Nc2nn(C(c3ccccc3)(c3ccccc3)c3ccccc3)c3ccc(-c4c(F)cccc4Cl)cc23)CC1. The zero-order valence-corrected chi connectivity index (χ0v) is 29.3. The van der Waals surface area contributed by atoms with Crippen molar-refractivity contribution in [2.24, 2.45) is 5.92 Å². The number of nitrogens with one attached hydrogen (secondary N) is 2. The number of nitrogens with zero attached hydrogens (tertiary/aromatic N) is 3. The van der Waals surface area contributed by atoms with E-state index in [0.29, 0.717) is 42.6 Å². The lowest BCUT2D eigenvalue weighted by molar-refractivity contribution is -0.121. The number of piperidine rings is 1. The minimum atomic E-state index is -1.02. The van der Waals surface area contributed by atoms with Crippen molar-refractivity contribution in [2.45, 2.75) is 24.8 Å². The molecule has 0 aliphatic carbocycles. The van der Waals surface area contributed by atoms with Crippen LogP contribution in [0.2, 0.25) is 5.02 Å². The van der Waals surface area contributed by atoms with E-state index >= 15 is 4.39 Å². The van der Waals surface area contributed by atoms with Crippen LogP contribution < -0.4 is 10.6 Å². The average molecular weight is 716 g/mol. The zero-order chi connectivity index (χ0) is 36.1. The molecule has 2 heterocycles. The molecular weight excluding hydrogens is 677 g/mol. The van der Waals surface area contributed by atoms with Crippen LogP contribution >= 0.6 is 11.6 Å². The van der Waals surface area contributed by atoms with Gasteiger partial charge in [0.05, 0.1) is 10.5 Å². The summed E-state index contributed by atoms with van der Waals surface area (Å²) in [5.74, 6) is -0.427. The molecule has 1 aliphatic rings. The van der Waals surface area contributed by atoms with E-state index < -0.39 is 17.4 Å². The van der Waals surface area contributed by atoms with Gasteiger partial charge in [0.15, 0.2) is 5.82 Å². The smallest absolute Gasteiger partial charge is 0.404 e. The number of anilines is 1. The summed E-state index contributed by atoms with van der Waals surface area (Å²) in [4.78, 5) is 27.1. The summed E-state index contributed by atoms with van der Waals surface area (Å²) in [6.07, 6.45) is 1.000. The highest BCUT2D eigenvalue weighted by molar-refractivity contribution is 6.33. The molecule has 264 valence electrons. The number of hydrogen-bond acceptors (Lipinski definition) is 4. The number of carbonyl (C=O) groups is 2. The van der Waals surface area contributed by atoms with Gasteiger partial charge in [0.1, 0.15) is 11.4 Å². The summed E-state index contributed by atoms with van der Waals surface area (Å²) in [7, 11) is 0. The van der Waals surface area contributed by atoms with Gasteiger partial charge in [0, 0.05) is 23.4 Å². The fourth-order valence-corrected chi connectivity index (χ4v) is 7.71. The number of rotatable bonds is 11. The van der Waals surface area contributed by atoms with Crippen LogP contribution in [-0.4, -0.2) is 58.0 Å². The van der Waals surface area contributed by atoms with Crippen molar-refractivity contribution in [3.8, 4) is 11.1 Å². The maximum atomic E-state index is 15.3. The van der Waals surface area contributed by atoms with Crippen molar-refractivity contribution < 1.29 is 19.1 Å². The van der Waals surface area contributed by atoms with Crippen molar-refractivity contribution in [3.63, 3.8) is 0 Å². The Morgan fingerprint density at radius 3 is 1.98 bits per heavy atom.